The number of aromatic nitrogens is 2. The highest BCUT2D eigenvalue weighted by Crippen LogP contribution is 2.14. The molecule has 0 aliphatic carbocycles. The topological polar surface area (TPSA) is 55.3 Å². The molecule has 2 rings (SSSR count). The Morgan fingerprint density at radius 3 is 3.31 bits per heavy atom. The maximum absolute atomic E-state index is 5.51. The molecule has 0 saturated heterocycles. The van der Waals surface area contributed by atoms with E-state index < -0.39 is 0 Å². The number of rotatable bonds is 6. The Balaban J connectivity index is 1.84. The summed E-state index contributed by atoms with van der Waals surface area (Å²) in [5.74, 6) is 0. The molecule has 1 atom stereocenters. The van der Waals surface area contributed by atoms with Crippen LogP contribution in [0.15, 0.2) is 17.8 Å². The second-order valence-corrected chi connectivity index (χ2v) is 4.83. The van der Waals surface area contributed by atoms with E-state index in [2.05, 4.69) is 27.0 Å². The smallest absolute Gasteiger partial charge is 0.193 e. The first-order valence-corrected chi connectivity index (χ1v) is 6.52. The molecule has 1 unspecified atom stereocenters. The third kappa shape index (κ3) is 2.61. The zero-order valence-corrected chi connectivity index (χ0v) is 10.3. The molecule has 0 fully saturated rings. The summed E-state index contributed by atoms with van der Waals surface area (Å²) in [5.41, 5.74) is 6.83. The largest absolute Gasteiger partial charge is 0.330 e. The number of thiazole rings is 1. The van der Waals surface area contributed by atoms with Crippen molar-refractivity contribution in [2.75, 3.05) is 13.1 Å². The number of hydrogen-bond donors (Lipinski definition) is 2. The van der Waals surface area contributed by atoms with Gasteiger partial charge in [0.15, 0.2) is 4.96 Å². The first kappa shape index (κ1) is 11.6. The number of nitrogens with zero attached hydrogens (tertiary/aromatic N) is 2. The van der Waals surface area contributed by atoms with E-state index >= 15 is 0 Å². The van der Waals surface area contributed by atoms with Crippen LogP contribution in [0.2, 0.25) is 0 Å². The van der Waals surface area contributed by atoms with E-state index in [1.807, 2.05) is 12.4 Å². The molecule has 2 heterocycles. The van der Waals surface area contributed by atoms with Crippen molar-refractivity contribution in [2.45, 2.75) is 25.8 Å². The lowest BCUT2D eigenvalue weighted by atomic mass is 10.2. The van der Waals surface area contributed by atoms with Crippen molar-refractivity contribution in [1.82, 2.24) is 14.7 Å². The Morgan fingerprint density at radius 1 is 1.62 bits per heavy atom. The van der Waals surface area contributed by atoms with Gasteiger partial charge < -0.3 is 11.1 Å². The van der Waals surface area contributed by atoms with E-state index in [-0.39, 0.29) is 0 Å². The Kier molecular flexibility index (Phi) is 3.93. The Labute approximate surface area is 99.5 Å². The second-order valence-electron chi connectivity index (χ2n) is 3.99. The second kappa shape index (κ2) is 5.43. The molecule has 0 aliphatic heterocycles. The summed E-state index contributed by atoms with van der Waals surface area (Å²) in [7, 11) is 0. The Morgan fingerprint density at radius 2 is 2.50 bits per heavy atom. The van der Waals surface area contributed by atoms with Gasteiger partial charge in [-0.05, 0) is 19.9 Å². The number of imidazole rings is 1. The van der Waals surface area contributed by atoms with Gasteiger partial charge in [0.2, 0.25) is 0 Å². The van der Waals surface area contributed by atoms with E-state index in [1.54, 1.807) is 11.3 Å². The van der Waals surface area contributed by atoms with Crippen LogP contribution >= 0.6 is 11.3 Å². The van der Waals surface area contributed by atoms with E-state index in [9.17, 15) is 0 Å². The molecule has 0 aliphatic rings. The monoisotopic (exact) mass is 238 g/mol. The van der Waals surface area contributed by atoms with Crippen LogP contribution < -0.4 is 11.1 Å². The molecule has 88 valence electrons. The Hall–Kier alpha value is -0.910. The van der Waals surface area contributed by atoms with Crippen molar-refractivity contribution in [3.63, 3.8) is 0 Å². The molecule has 2 aromatic heterocycles. The number of fused-ring (bicyclic) bond motifs is 1. The third-order valence-corrected chi connectivity index (χ3v) is 3.59. The van der Waals surface area contributed by atoms with E-state index in [1.165, 1.54) is 5.69 Å². The molecule has 0 radical (unpaired) electrons. The van der Waals surface area contributed by atoms with Gasteiger partial charge in [-0.25, -0.2) is 4.98 Å². The molecular weight excluding hydrogens is 220 g/mol. The zero-order valence-electron chi connectivity index (χ0n) is 9.52. The maximum atomic E-state index is 5.51. The lowest BCUT2D eigenvalue weighted by Gasteiger charge is -2.11. The summed E-state index contributed by atoms with van der Waals surface area (Å²) < 4.78 is 2.15. The van der Waals surface area contributed by atoms with E-state index in [0.717, 1.165) is 30.9 Å². The summed E-state index contributed by atoms with van der Waals surface area (Å²) in [6.45, 7) is 3.91. The SMILES string of the molecule is CC(CCN)NCCc1csc2nccn12. The molecule has 2 aromatic rings. The van der Waals surface area contributed by atoms with Crippen molar-refractivity contribution in [3.8, 4) is 0 Å². The van der Waals surface area contributed by atoms with Gasteiger partial charge in [0, 0.05) is 42.5 Å². The predicted octanol–water partition coefficient (Wildman–Crippen LogP) is 1.27. The molecule has 0 aromatic carbocycles. The molecule has 4 nitrogen and oxygen atoms in total. The van der Waals surface area contributed by atoms with Crippen LogP contribution in [0.3, 0.4) is 0 Å². The van der Waals surface area contributed by atoms with Crippen molar-refractivity contribution in [2.24, 2.45) is 5.73 Å². The van der Waals surface area contributed by atoms with Crippen LogP contribution in [-0.2, 0) is 6.42 Å². The van der Waals surface area contributed by atoms with Crippen LogP contribution in [0.25, 0.3) is 4.96 Å². The van der Waals surface area contributed by atoms with Crippen LogP contribution in [0.5, 0.6) is 0 Å². The predicted molar refractivity (Wildman–Crippen MR) is 67.9 cm³/mol. The van der Waals surface area contributed by atoms with Gasteiger partial charge in [-0.15, -0.1) is 11.3 Å². The Bertz CT molecular complexity index is 434. The molecule has 16 heavy (non-hydrogen) atoms. The van der Waals surface area contributed by atoms with Gasteiger partial charge >= 0.3 is 0 Å². The van der Waals surface area contributed by atoms with Gasteiger partial charge in [0.05, 0.1) is 0 Å². The third-order valence-electron chi connectivity index (χ3n) is 2.69. The summed E-state index contributed by atoms with van der Waals surface area (Å²) in [5, 5.41) is 5.65. The first-order chi connectivity index (χ1) is 7.81. The molecule has 0 spiro atoms. The minimum absolute atomic E-state index is 0.502. The van der Waals surface area contributed by atoms with Crippen LogP contribution in [-0.4, -0.2) is 28.5 Å². The quantitative estimate of drug-likeness (QED) is 0.796. The van der Waals surface area contributed by atoms with Crippen LogP contribution in [0.1, 0.15) is 19.0 Å². The first-order valence-electron chi connectivity index (χ1n) is 5.64. The molecule has 0 amide bonds. The standard InChI is InChI=1S/C11H18N4S/c1-9(2-4-12)13-5-3-10-8-16-11-14-6-7-15(10)11/h6-9,13H,2-5,12H2,1H3. The van der Waals surface area contributed by atoms with Gasteiger partial charge in [0.1, 0.15) is 0 Å². The fraction of sp³-hybridized carbons (Fsp3) is 0.545. The normalized spacial score (nSPS) is 13.4. The van der Waals surface area contributed by atoms with E-state index in [0.29, 0.717) is 6.04 Å². The minimum Gasteiger partial charge on any atom is -0.330 e. The van der Waals surface area contributed by atoms with Crippen molar-refractivity contribution in [1.29, 1.82) is 0 Å². The number of hydrogen-bond acceptors (Lipinski definition) is 4. The average Bonchev–Trinajstić information content (AvgIpc) is 2.82. The van der Waals surface area contributed by atoms with Crippen molar-refractivity contribution < 1.29 is 0 Å². The van der Waals surface area contributed by atoms with Gasteiger partial charge in [-0.1, -0.05) is 0 Å². The molecule has 3 N–H and O–H groups in total. The highest BCUT2D eigenvalue weighted by Gasteiger charge is 2.04. The van der Waals surface area contributed by atoms with Crippen molar-refractivity contribution in [3.05, 3.63) is 23.5 Å². The molecule has 5 heteroatoms. The zero-order chi connectivity index (χ0) is 11.4. The lowest BCUT2D eigenvalue weighted by Crippen LogP contribution is -2.30. The molecule has 0 saturated carbocycles. The lowest BCUT2D eigenvalue weighted by molar-refractivity contribution is 0.521. The molecule has 0 bridgehead atoms. The average molecular weight is 238 g/mol. The minimum atomic E-state index is 0.502. The summed E-state index contributed by atoms with van der Waals surface area (Å²) in [6.07, 6.45) is 5.93. The van der Waals surface area contributed by atoms with E-state index in [4.69, 9.17) is 5.73 Å². The maximum Gasteiger partial charge on any atom is 0.193 e. The van der Waals surface area contributed by atoms with Crippen LogP contribution in [0, 0.1) is 0 Å². The van der Waals surface area contributed by atoms with Gasteiger partial charge in [-0.2, -0.15) is 0 Å². The fourth-order valence-electron chi connectivity index (χ4n) is 1.75. The van der Waals surface area contributed by atoms with Gasteiger partial charge in [-0.3, -0.25) is 4.40 Å². The van der Waals surface area contributed by atoms with Crippen molar-refractivity contribution >= 4 is 16.3 Å². The number of nitrogens with two attached hydrogens (primary N) is 1. The highest BCUT2D eigenvalue weighted by molar-refractivity contribution is 7.15. The summed E-state index contributed by atoms with van der Waals surface area (Å²) >= 11 is 1.69. The number of nitrogens with one attached hydrogen (secondary N) is 1. The summed E-state index contributed by atoms with van der Waals surface area (Å²) in [4.78, 5) is 5.33. The van der Waals surface area contributed by atoms with Gasteiger partial charge in [0.25, 0.3) is 0 Å². The summed E-state index contributed by atoms with van der Waals surface area (Å²) in [6, 6.07) is 0.502. The van der Waals surface area contributed by atoms with Crippen LogP contribution in [0.4, 0.5) is 0 Å². The molecular formula is C11H18N4S. The fourth-order valence-corrected chi connectivity index (χ4v) is 2.64. The highest BCUT2D eigenvalue weighted by atomic mass is 32.1.